The van der Waals surface area contributed by atoms with Crippen molar-refractivity contribution in [1.29, 1.82) is 0 Å². The number of amides is 1. The summed E-state index contributed by atoms with van der Waals surface area (Å²) < 4.78 is 0. The Bertz CT molecular complexity index is 588. The van der Waals surface area contributed by atoms with E-state index in [1.165, 1.54) is 0 Å². The molecule has 0 N–H and O–H groups in total. The van der Waals surface area contributed by atoms with Crippen LogP contribution in [0.4, 0.5) is 5.69 Å². The van der Waals surface area contributed by atoms with Crippen LogP contribution in [0.5, 0.6) is 0 Å². The van der Waals surface area contributed by atoms with Crippen LogP contribution in [-0.4, -0.2) is 46.8 Å². The number of hydrogen-bond donors (Lipinski definition) is 0. The van der Waals surface area contributed by atoms with Crippen LogP contribution in [0.25, 0.3) is 0 Å². The molecule has 6 nitrogen and oxygen atoms in total. The molecular formula is C18H25N3O3. The molecule has 0 radical (unpaired) electrons. The predicted octanol–water partition coefficient (Wildman–Crippen LogP) is 2.99. The van der Waals surface area contributed by atoms with E-state index in [1.54, 1.807) is 12.1 Å². The van der Waals surface area contributed by atoms with Gasteiger partial charge in [0.2, 0.25) is 5.91 Å². The SMILES string of the molecule is C[C@H](c1ccc([N+](=O)[O-])cc1)N1CCC(C(=O)N2CCCC2)CC1. The Morgan fingerprint density at radius 1 is 1.12 bits per heavy atom. The van der Waals surface area contributed by atoms with E-state index in [0.29, 0.717) is 5.91 Å². The van der Waals surface area contributed by atoms with E-state index in [4.69, 9.17) is 0 Å². The normalized spacial score (nSPS) is 21.0. The number of carbonyl (C=O) groups is 1. The minimum absolute atomic E-state index is 0.126. The van der Waals surface area contributed by atoms with Crippen LogP contribution in [0, 0.1) is 16.0 Å². The molecule has 0 unspecified atom stereocenters. The second kappa shape index (κ2) is 7.30. The standard InChI is InChI=1S/C18H25N3O3/c1-14(15-4-6-17(7-5-15)21(23)24)19-12-8-16(9-13-19)18(22)20-10-2-3-11-20/h4-7,14,16H,2-3,8-13H2,1H3/t14-/m1/s1. The van der Waals surface area contributed by atoms with Crippen LogP contribution < -0.4 is 0 Å². The first-order valence-electron chi connectivity index (χ1n) is 8.83. The van der Waals surface area contributed by atoms with Crippen molar-refractivity contribution >= 4 is 11.6 Å². The van der Waals surface area contributed by atoms with Crippen molar-refractivity contribution in [3.63, 3.8) is 0 Å². The van der Waals surface area contributed by atoms with Crippen molar-refractivity contribution in [1.82, 2.24) is 9.80 Å². The summed E-state index contributed by atoms with van der Waals surface area (Å²) in [5.41, 5.74) is 1.21. The van der Waals surface area contributed by atoms with E-state index >= 15 is 0 Å². The molecular weight excluding hydrogens is 306 g/mol. The maximum absolute atomic E-state index is 12.5. The van der Waals surface area contributed by atoms with E-state index in [2.05, 4.69) is 11.8 Å². The van der Waals surface area contributed by atoms with Gasteiger partial charge in [-0.1, -0.05) is 12.1 Å². The third kappa shape index (κ3) is 3.59. The fraction of sp³-hybridized carbons (Fsp3) is 0.611. The van der Waals surface area contributed by atoms with Gasteiger partial charge in [0, 0.05) is 37.2 Å². The molecule has 6 heteroatoms. The summed E-state index contributed by atoms with van der Waals surface area (Å²) in [6.45, 7) is 5.80. The summed E-state index contributed by atoms with van der Waals surface area (Å²) in [6.07, 6.45) is 4.10. The predicted molar refractivity (Wildman–Crippen MR) is 91.6 cm³/mol. The fourth-order valence-corrected chi connectivity index (χ4v) is 3.81. The molecule has 0 aromatic heterocycles. The molecule has 0 saturated carbocycles. The van der Waals surface area contributed by atoms with Crippen LogP contribution in [0.15, 0.2) is 24.3 Å². The van der Waals surface area contributed by atoms with Gasteiger partial charge in [0.1, 0.15) is 0 Å². The molecule has 1 aromatic carbocycles. The number of carbonyl (C=O) groups excluding carboxylic acids is 1. The zero-order valence-electron chi connectivity index (χ0n) is 14.2. The van der Waals surface area contributed by atoms with Gasteiger partial charge in [0.15, 0.2) is 0 Å². The van der Waals surface area contributed by atoms with Gasteiger partial charge in [-0.3, -0.25) is 19.8 Å². The van der Waals surface area contributed by atoms with Crippen LogP contribution in [0.2, 0.25) is 0 Å². The minimum Gasteiger partial charge on any atom is -0.342 e. The van der Waals surface area contributed by atoms with E-state index in [-0.39, 0.29) is 22.6 Å². The highest BCUT2D eigenvalue weighted by atomic mass is 16.6. The second-order valence-corrected chi connectivity index (χ2v) is 6.87. The Morgan fingerprint density at radius 2 is 1.71 bits per heavy atom. The molecule has 0 aliphatic carbocycles. The quantitative estimate of drug-likeness (QED) is 0.628. The molecule has 0 bridgehead atoms. The summed E-state index contributed by atoms with van der Waals surface area (Å²) >= 11 is 0. The lowest BCUT2D eigenvalue weighted by Crippen LogP contribution is -2.42. The topological polar surface area (TPSA) is 66.7 Å². The van der Waals surface area contributed by atoms with E-state index in [9.17, 15) is 14.9 Å². The van der Waals surface area contributed by atoms with Gasteiger partial charge in [0.25, 0.3) is 5.69 Å². The Labute approximate surface area is 142 Å². The van der Waals surface area contributed by atoms with Gasteiger partial charge in [-0.15, -0.1) is 0 Å². The second-order valence-electron chi connectivity index (χ2n) is 6.87. The number of nitro groups is 1. The molecule has 2 fully saturated rings. The molecule has 2 aliphatic rings. The van der Waals surface area contributed by atoms with Gasteiger partial charge in [-0.25, -0.2) is 0 Å². The number of piperidine rings is 1. The Morgan fingerprint density at radius 3 is 2.25 bits per heavy atom. The average molecular weight is 331 g/mol. The summed E-state index contributed by atoms with van der Waals surface area (Å²) in [6, 6.07) is 7.02. The number of hydrogen-bond acceptors (Lipinski definition) is 4. The first-order chi connectivity index (χ1) is 11.6. The fourth-order valence-electron chi connectivity index (χ4n) is 3.81. The monoisotopic (exact) mass is 331 g/mol. The van der Waals surface area contributed by atoms with Crippen molar-refractivity contribution in [2.24, 2.45) is 5.92 Å². The van der Waals surface area contributed by atoms with Crippen LogP contribution in [0.1, 0.15) is 44.2 Å². The van der Waals surface area contributed by atoms with E-state index in [1.807, 2.05) is 17.0 Å². The van der Waals surface area contributed by atoms with Gasteiger partial charge in [0.05, 0.1) is 4.92 Å². The first-order valence-corrected chi connectivity index (χ1v) is 8.83. The molecule has 3 rings (SSSR count). The summed E-state index contributed by atoms with van der Waals surface area (Å²) in [4.78, 5) is 27.3. The number of non-ortho nitro benzene ring substituents is 1. The molecule has 2 aliphatic heterocycles. The lowest BCUT2D eigenvalue weighted by atomic mass is 9.93. The third-order valence-electron chi connectivity index (χ3n) is 5.43. The number of nitrogens with zero attached hydrogens (tertiary/aromatic N) is 3. The van der Waals surface area contributed by atoms with Crippen LogP contribution >= 0.6 is 0 Å². The first kappa shape index (κ1) is 16.9. The number of rotatable bonds is 4. The molecule has 130 valence electrons. The van der Waals surface area contributed by atoms with Gasteiger partial charge in [-0.05, 0) is 51.3 Å². The van der Waals surface area contributed by atoms with Crippen molar-refractivity contribution in [2.75, 3.05) is 26.2 Å². The van der Waals surface area contributed by atoms with Crippen molar-refractivity contribution in [3.05, 3.63) is 39.9 Å². The van der Waals surface area contributed by atoms with Gasteiger partial charge in [-0.2, -0.15) is 0 Å². The molecule has 1 aromatic rings. The summed E-state index contributed by atoms with van der Waals surface area (Å²) in [5, 5.41) is 10.8. The van der Waals surface area contributed by atoms with E-state index in [0.717, 1.165) is 57.4 Å². The zero-order chi connectivity index (χ0) is 17.1. The molecule has 2 saturated heterocycles. The molecule has 2 heterocycles. The van der Waals surface area contributed by atoms with Crippen LogP contribution in [0.3, 0.4) is 0 Å². The van der Waals surface area contributed by atoms with Gasteiger partial charge < -0.3 is 4.90 Å². The summed E-state index contributed by atoms with van der Waals surface area (Å²) in [5.74, 6) is 0.513. The third-order valence-corrected chi connectivity index (χ3v) is 5.43. The molecule has 1 atom stereocenters. The smallest absolute Gasteiger partial charge is 0.269 e. The van der Waals surface area contributed by atoms with Crippen LogP contribution in [-0.2, 0) is 4.79 Å². The van der Waals surface area contributed by atoms with Crippen molar-refractivity contribution < 1.29 is 9.72 Å². The summed E-state index contributed by atoms with van der Waals surface area (Å²) in [7, 11) is 0. The lowest BCUT2D eigenvalue weighted by Gasteiger charge is -2.36. The van der Waals surface area contributed by atoms with Gasteiger partial charge >= 0.3 is 0 Å². The maximum Gasteiger partial charge on any atom is 0.269 e. The van der Waals surface area contributed by atoms with Crippen molar-refractivity contribution in [3.8, 4) is 0 Å². The molecule has 0 spiro atoms. The van der Waals surface area contributed by atoms with Crippen molar-refractivity contribution in [2.45, 2.75) is 38.6 Å². The maximum atomic E-state index is 12.5. The highest BCUT2D eigenvalue weighted by Gasteiger charge is 2.31. The molecule has 24 heavy (non-hydrogen) atoms. The highest BCUT2D eigenvalue weighted by molar-refractivity contribution is 5.79. The molecule has 1 amide bonds. The Kier molecular flexibility index (Phi) is 5.14. The number of nitro benzene ring substituents is 1. The largest absolute Gasteiger partial charge is 0.342 e. The minimum atomic E-state index is -0.371. The Hall–Kier alpha value is -1.95. The Balaban J connectivity index is 1.55. The zero-order valence-corrected chi connectivity index (χ0v) is 14.2. The number of likely N-dealkylation sites (tertiary alicyclic amines) is 2. The van der Waals surface area contributed by atoms with E-state index < -0.39 is 0 Å². The highest BCUT2D eigenvalue weighted by Crippen LogP contribution is 2.29. The lowest BCUT2D eigenvalue weighted by molar-refractivity contribution is -0.384. The number of benzene rings is 1. The average Bonchev–Trinajstić information content (AvgIpc) is 3.15.